The highest BCUT2D eigenvalue weighted by atomic mass is 35.5. The van der Waals surface area contributed by atoms with Gasteiger partial charge in [-0.3, -0.25) is 0 Å². The second-order valence-electron chi connectivity index (χ2n) is 5.46. The summed E-state index contributed by atoms with van der Waals surface area (Å²) in [5.41, 5.74) is 6.87. The van der Waals surface area contributed by atoms with Gasteiger partial charge in [-0.1, -0.05) is 37.3 Å². The van der Waals surface area contributed by atoms with Gasteiger partial charge in [0.15, 0.2) is 0 Å². The van der Waals surface area contributed by atoms with Crippen LogP contribution < -0.4 is 10.5 Å². The van der Waals surface area contributed by atoms with E-state index in [4.69, 9.17) is 17.3 Å². The third-order valence-electron chi connectivity index (χ3n) is 3.99. The van der Waals surface area contributed by atoms with Crippen LogP contribution in [0.25, 0.3) is 0 Å². The van der Waals surface area contributed by atoms with Gasteiger partial charge in [-0.15, -0.1) is 0 Å². The molecule has 0 spiro atoms. The third-order valence-corrected chi connectivity index (χ3v) is 5.82. The minimum absolute atomic E-state index is 0.136. The van der Waals surface area contributed by atoms with Gasteiger partial charge in [-0.25, -0.2) is 13.1 Å². The highest BCUT2D eigenvalue weighted by molar-refractivity contribution is 7.89. The second-order valence-corrected chi connectivity index (χ2v) is 7.63. The fraction of sp³-hybridized carbons (Fsp3) is 0.571. The van der Waals surface area contributed by atoms with Crippen LogP contribution in [0.5, 0.6) is 0 Å². The fourth-order valence-electron chi connectivity index (χ4n) is 2.61. The molecular formula is C14H21ClN2O2S. The molecule has 0 bridgehead atoms. The number of anilines is 1. The zero-order valence-corrected chi connectivity index (χ0v) is 13.2. The molecule has 1 saturated carbocycles. The summed E-state index contributed by atoms with van der Waals surface area (Å²) in [4.78, 5) is 0.136. The van der Waals surface area contributed by atoms with Gasteiger partial charge in [0.2, 0.25) is 10.0 Å². The van der Waals surface area contributed by atoms with Crippen LogP contribution >= 0.6 is 11.6 Å². The topological polar surface area (TPSA) is 72.2 Å². The molecule has 0 saturated heterocycles. The molecular weight excluding hydrogens is 296 g/mol. The van der Waals surface area contributed by atoms with Crippen molar-refractivity contribution in [3.8, 4) is 0 Å². The van der Waals surface area contributed by atoms with E-state index in [9.17, 15) is 8.42 Å². The van der Waals surface area contributed by atoms with Gasteiger partial charge in [-0.05, 0) is 37.0 Å². The first kappa shape index (κ1) is 15.6. The summed E-state index contributed by atoms with van der Waals surface area (Å²) in [6.45, 7) is 2.24. The summed E-state index contributed by atoms with van der Waals surface area (Å²) in [6, 6.07) is 2.91. The van der Waals surface area contributed by atoms with Crippen molar-refractivity contribution >= 4 is 27.3 Å². The molecule has 1 fully saturated rings. The Morgan fingerprint density at radius 3 is 2.60 bits per heavy atom. The van der Waals surface area contributed by atoms with E-state index in [2.05, 4.69) is 4.72 Å². The Kier molecular flexibility index (Phi) is 4.94. The first-order chi connectivity index (χ1) is 9.40. The fourth-order valence-corrected chi connectivity index (χ4v) is 4.01. The third kappa shape index (κ3) is 3.65. The number of benzene rings is 1. The molecule has 4 nitrogen and oxygen atoms in total. The maximum Gasteiger partial charge on any atom is 0.240 e. The first-order valence-electron chi connectivity index (χ1n) is 6.95. The lowest BCUT2D eigenvalue weighted by Crippen LogP contribution is -2.26. The average molecular weight is 317 g/mol. The number of sulfonamides is 1. The molecule has 0 heterocycles. The van der Waals surface area contributed by atoms with E-state index in [1.807, 2.05) is 0 Å². The molecule has 0 amide bonds. The Labute approximate surface area is 125 Å². The second kappa shape index (κ2) is 6.33. The Hall–Kier alpha value is -0.780. The van der Waals surface area contributed by atoms with E-state index in [1.54, 1.807) is 6.92 Å². The van der Waals surface area contributed by atoms with Crippen molar-refractivity contribution in [2.75, 3.05) is 12.3 Å². The number of nitrogen functional groups attached to an aromatic ring is 1. The zero-order chi connectivity index (χ0) is 14.8. The molecule has 0 radical (unpaired) electrons. The summed E-state index contributed by atoms with van der Waals surface area (Å²) >= 11 is 5.99. The summed E-state index contributed by atoms with van der Waals surface area (Å²) < 4.78 is 27.0. The first-order valence-corrected chi connectivity index (χ1v) is 8.81. The summed E-state index contributed by atoms with van der Waals surface area (Å²) in [5, 5.41) is 0.376. The van der Waals surface area contributed by atoms with Crippen LogP contribution in [0.15, 0.2) is 17.0 Å². The normalized spacial score (nSPS) is 16.7. The Balaban J connectivity index is 2.02. The van der Waals surface area contributed by atoms with Gasteiger partial charge >= 0.3 is 0 Å². The van der Waals surface area contributed by atoms with Gasteiger partial charge in [0.05, 0.1) is 4.90 Å². The number of hydrogen-bond acceptors (Lipinski definition) is 3. The van der Waals surface area contributed by atoms with Gasteiger partial charge in [0.25, 0.3) is 0 Å². The molecule has 0 unspecified atom stereocenters. The van der Waals surface area contributed by atoms with Crippen LogP contribution in [-0.2, 0) is 10.0 Å². The number of halogens is 1. The van der Waals surface area contributed by atoms with Crippen molar-refractivity contribution in [1.82, 2.24) is 4.72 Å². The molecule has 1 aromatic carbocycles. The smallest absolute Gasteiger partial charge is 0.240 e. The SMILES string of the molecule is Cc1c(N)cc(S(=O)(=O)NCCC2CCCC2)cc1Cl. The van der Waals surface area contributed by atoms with E-state index in [-0.39, 0.29) is 4.90 Å². The molecule has 0 aliphatic heterocycles. The van der Waals surface area contributed by atoms with Crippen molar-refractivity contribution in [2.45, 2.75) is 43.9 Å². The molecule has 1 aliphatic rings. The number of nitrogens with two attached hydrogens (primary N) is 1. The molecule has 6 heteroatoms. The molecule has 0 aromatic heterocycles. The van der Waals surface area contributed by atoms with Crippen LogP contribution in [0.2, 0.25) is 5.02 Å². The largest absolute Gasteiger partial charge is 0.398 e. The summed E-state index contributed by atoms with van der Waals surface area (Å²) in [6.07, 6.45) is 5.85. The Bertz CT molecular complexity index is 558. The van der Waals surface area contributed by atoms with Crippen LogP contribution in [-0.4, -0.2) is 15.0 Å². The van der Waals surface area contributed by atoms with Crippen molar-refractivity contribution in [1.29, 1.82) is 0 Å². The molecule has 112 valence electrons. The van der Waals surface area contributed by atoms with Crippen LogP contribution in [0.4, 0.5) is 5.69 Å². The average Bonchev–Trinajstić information content (AvgIpc) is 2.88. The molecule has 20 heavy (non-hydrogen) atoms. The molecule has 1 aliphatic carbocycles. The van der Waals surface area contributed by atoms with Gasteiger partial charge < -0.3 is 5.73 Å². The number of nitrogens with one attached hydrogen (secondary N) is 1. The molecule has 2 rings (SSSR count). The highest BCUT2D eigenvalue weighted by Gasteiger charge is 2.19. The van der Waals surface area contributed by atoms with E-state index < -0.39 is 10.0 Å². The minimum Gasteiger partial charge on any atom is -0.398 e. The van der Waals surface area contributed by atoms with Crippen molar-refractivity contribution in [3.63, 3.8) is 0 Å². The highest BCUT2D eigenvalue weighted by Crippen LogP contribution is 2.28. The maximum absolute atomic E-state index is 12.2. The van der Waals surface area contributed by atoms with Gasteiger partial charge in [0.1, 0.15) is 0 Å². The molecule has 0 atom stereocenters. The van der Waals surface area contributed by atoms with Crippen molar-refractivity contribution in [2.24, 2.45) is 5.92 Å². The van der Waals surface area contributed by atoms with Gasteiger partial charge in [-0.2, -0.15) is 0 Å². The minimum atomic E-state index is -3.53. The van der Waals surface area contributed by atoms with Crippen molar-refractivity contribution < 1.29 is 8.42 Å². The van der Waals surface area contributed by atoms with Crippen LogP contribution in [0.1, 0.15) is 37.7 Å². The lowest BCUT2D eigenvalue weighted by Gasteiger charge is -2.12. The maximum atomic E-state index is 12.2. The molecule has 3 N–H and O–H groups in total. The Morgan fingerprint density at radius 1 is 1.35 bits per heavy atom. The van der Waals surface area contributed by atoms with Crippen LogP contribution in [0, 0.1) is 12.8 Å². The standard InChI is InChI=1S/C14H21ClN2O2S/c1-10-13(15)8-12(9-14(10)16)20(18,19)17-7-6-11-4-2-3-5-11/h8-9,11,17H,2-7,16H2,1H3. The quantitative estimate of drug-likeness (QED) is 0.820. The van der Waals surface area contributed by atoms with Crippen molar-refractivity contribution in [3.05, 3.63) is 22.7 Å². The number of rotatable bonds is 5. The van der Waals surface area contributed by atoms with Crippen LogP contribution in [0.3, 0.4) is 0 Å². The van der Waals surface area contributed by atoms with Gasteiger partial charge in [0, 0.05) is 17.3 Å². The summed E-state index contributed by atoms with van der Waals surface area (Å²) in [5.74, 6) is 0.657. The Morgan fingerprint density at radius 2 is 2.00 bits per heavy atom. The lowest BCUT2D eigenvalue weighted by atomic mass is 10.1. The predicted octanol–water partition coefficient (Wildman–Crippen LogP) is 3.09. The van der Waals surface area contributed by atoms with E-state index in [0.29, 0.717) is 28.7 Å². The van der Waals surface area contributed by atoms with E-state index in [0.717, 1.165) is 6.42 Å². The molecule has 1 aromatic rings. The monoisotopic (exact) mass is 316 g/mol. The lowest BCUT2D eigenvalue weighted by molar-refractivity contribution is 0.495. The van der Waals surface area contributed by atoms with E-state index in [1.165, 1.54) is 37.8 Å². The van der Waals surface area contributed by atoms with E-state index >= 15 is 0 Å². The zero-order valence-electron chi connectivity index (χ0n) is 11.7. The number of hydrogen-bond donors (Lipinski definition) is 2. The predicted molar refractivity (Wildman–Crippen MR) is 82.4 cm³/mol. The summed E-state index contributed by atoms with van der Waals surface area (Å²) in [7, 11) is -3.53.